The number of hydrogen-bond donors (Lipinski definition) is 2. The zero-order valence-electron chi connectivity index (χ0n) is 18.3. The largest absolute Gasteiger partial charge is 0.325 e. The molecule has 0 saturated carbocycles. The molecule has 1 aromatic heterocycles. The van der Waals surface area contributed by atoms with Crippen LogP contribution in [-0.2, 0) is 16.6 Å². The van der Waals surface area contributed by atoms with Crippen molar-refractivity contribution in [1.82, 2.24) is 9.36 Å². The summed E-state index contributed by atoms with van der Waals surface area (Å²) < 4.78 is 3.20. The summed E-state index contributed by atoms with van der Waals surface area (Å²) in [5.41, 5.74) is 2.79. The van der Waals surface area contributed by atoms with Gasteiger partial charge < -0.3 is 10.6 Å². The minimum absolute atomic E-state index is 0.0854. The van der Waals surface area contributed by atoms with Crippen LogP contribution >= 0.6 is 23.4 Å². The van der Waals surface area contributed by atoms with Crippen molar-refractivity contribution in [2.75, 3.05) is 16.4 Å². The molecule has 0 radical (unpaired) electrons. The summed E-state index contributed by atoms with van der Waals surface area (Å²) in [7, 11) is 1.76. The lowest BCUT2D eigenvalue weighted by Gasteiger charge is -2.12. The molecule has 1 heterocycles. The quantitative estimate of drug-likeness (QED) is 0.541. The molecule has 0 spiro atoms. The van der Waals surface area contributed by atoms with Crippen molar-refractivity contribution in [1.29, 1.82) is 0 Å². The van der Waals surface area contributed by atoms with Crippen LogP contribution in [0.1, 0.15) is 18.2 Å². The zero-order valence-corrected chi connectivity index (χ0v) is 19.9. The number of hydrogen-bond acceptors (Lipinski definition) is 4. The van der Waals surface area contributed by atoms with Crippen molar-refractivity contribution in [2.24, 2.45) is 7.05 Å². The van der Waals surface area contributed by atoms with Crippen molar-refractivity contribution in [3.63, 3.8) is 0 Å². The Hall–Kier alpha value is -2.97. The number of halogens is 1. The Balaban J connectivity index is 1.63. The second-order valence-electron chi connectivity index (χ2n) is 7.39. The normalized spacial score (nSPS) is 11.8. The summed E-state index contributed by atoms with van der Waals surface area (Å²) in [6, 6.07) is 14.5. The highest BCUT2D eigenvalue weighted by atomic mass is 35.5. The maximum atomic E-state index is 12.9. The van der Waals surface area contributed by atoms with E-state index in [-0.39, 0.29) is 28.8 Å². The lowest BCUT2D eigenvalue weighted by atomic mass is 10.2. The average molecular weight is 473 g/mol. The van der Waals surface area contributed by atoms with Gasteiger partial charge in [-0.2, -0.15) is 0 Å². The van der Waals surface area contributed by atoms with Crippen LogP contribution < -0.4 is 16.2 Å². The Kier molecular flexibility index (Phi) is 7.48. The third-order valence-electron chi connectivity index (χ3n) is 5.09. The molecule has 9 heteroatoms. The molecule has 168 valence electrons. The number of carbonyl (C=O) groups excluding carboxylic acids is 2. The molecule has 0 aliphatic carbocycles. The fourth-order valence-electron chi connectivity index (χ4n) is 3.08. The van der Waals surface area contributed by atoms with E-state index < -0.39 is 5.25 Å². The number of para-hydroxylation sites is 1. The Labute approximate surface area is 195 Å². The van der Waals surface area contributed by atoms with Crippen LogP contribution in [0.3, 0.4) is 0 Å². The summed E-state index contributed by atoms with van der Waals surface area (Å²) >= 11 is 7.27. The second kappa shape index (κ2) is 10.1. The Bertz CT molecular complexity index is 1200. The van der Waals surface area contributed by atoms with Gasteiger partial charge in [0.05, 0.1) is 22.4 Å². The zero-order chi connectivity index (χ0) is 23.4. The first-order valence-electron chi connectivity index (χ1n) is 10.0. The first kappa shape index (κ1) is 23.7. The van der Waals surface area contributed by atoms with Crippen molar-refractivity contribution in [2.45, 2.75) is 26.0 Å². The first-order valence-corrected chi connectivity index (χ1v) is 11.4. The molecule has 0 aliphatic heterocycles. The van der Waals surface area contributed by atoms with E-state index in [4.69, 9.17) is 11.6 Å². The number of amides is 2. The molecule has 1 atom stereocenters. The van der Waals surface area contributed by atoms with Gasteiger partial charge in [-0.25, -0.2) is 4.68 Å². The van der Waals surface area contributed by atoms with Crippen LogP contribution in [-0.4, -0.2) is 32.2 Å². The third kappa shape index (κ3) is 5.26. The third-order valence-corrected chi connectivity index (χ3v) is 6.64. The van der Waals surface area contributed by atoms with Crippen LogP contribution in [0, 0.1) is 13.8 Å². The number of nitrogens with one attached hydrogen (secondary N) is 2. The molecule has 0 fully saturated rings. The predicted molar refractivity (Wildman–Crippen MR) is 131 cm³/mol. The van der Waals surface area contributed by atoms with Gasteiger partial charge in [0.1, 0.15) is 5.69 Å². The van der Waals surface area contributed by atoms with Crippen LogP contribution in [0.25, 0.3) is 5.69 Å². The van der Waals surface area contributed by atoms with Gasteiger partial charge in [0.15, 0.2) is 0 Å². The van der Waals surface area contributed by atoms with E-state index >= 15 is 0 Å². The van der Waals surface area contributed by atoms with E-state index in [9.17, 15) is 14.4 Å². The Morgan fingerprint density at radius 3 is 2.44 bits per heavy atom. The summed E-state index contributed by atoms with van der Waals surface area (Å²) in [4.78, 5) is 37.9. The fourth-order valence-corrected chi connectivity index (χ4v) is 3.95. The van der Waals surface area contributed by atoms with Crippen molar-refractivity contribution < 1.29 is 9.59 Å². The predicted octanol–water partition coefficient (Wildman–Crippen LogP) is 4.15. The maximum absolute atomic E-state index is 12.9. The number of carbonyl (C=O) groups is 2. The Morgan fingerprint density at radius 2 is 1.78 bits per heavy atom. The number of aryl methyl sites for hydroxylation is 1. The van der Waals surface area contributed by atoms with Gasteiger partial charge in [0, 0.05) is 17.8 Å². The standard InChI is InChI=1S/C23H25ClN4O3S/c1-14-10-11-17(12-19(14)24)25-20(29)13-32-16(3)22(30)26-21-15(2)27(4)28(23(21)31)18-8-6-5-7-9-18/h5-12,16H,13H2,1-4H3,(H,25,29)(H,26,30). The van der Waals surface area contributed by atoms with Crippen LogP contribution in [0.4, 0.5) is 11.4 Å². The molecule has 3 aromatic rings. The topological polar surface area (TPSA) is 85.1 Å². The van der Waals surface area contributed by atoms with Gasteiger partial charge in [-0.1, -0.05) is 35.9 Å². The number of anilines is 2. The van der Waals surface area contributed by atoms with Gasteiger partial charge >= 0.3 is 0 Å². The molecule has 0 aliphatic rings. The van der Waals surface area contributed by atoms with E-state index in [0.29, 0.717) is 22.1 Å². The molecular weight excluding hydrogens is 448 g/mol. The molecule has 2 N–H and O–H groups in total. The minimum atomic E-state index is -0.536. The van der Waals surface area contributed by atoms with Crippen molar-refractivity contribution in [3.8, 4) is 5.69 Å². The lowest BCUT2D eigenvalue weighted by molar-refractivity contribution is -0.115. The summed E-state index contributed by atoms with van der Waals surface area (Å²) in [6.45, 7) is 5.35. The van der Waals surface area contributed by atoms with Crippen molar-refractivity contribution >= 4 is 46.6 Å². The second-order valence-corrected chi connectivity index (χ2v) is 9.13. The highest BCUT2D eigenvalue weighted by Crippen LogP contribution is 2.21. The van der Waals surface area contributed by atoms with E-state index in [2.05, 4.69) is 10.6 Å². The van der Waals surface area contributed by atoms with E-state index in [0.717, 1.165) is 5.56 Å². The molecule has 2 aromatic carbocycles. The smallest absolute Gasteiger partial charge is 0.295 e. The SMILES string of the molecule is Cc1ccc(NC(=O)CSC(C)C(=O)Nc2c(C)n(C)n(-c3ccccc3)c2=O)cc1Cl. The summed E-state index contributed by atoms with van der Waals surface area (Å²) in [6.07, 6.45) is 0. The van der Waals surface area contributed by atoms with Crippen molar-refractivity contribution in [3.05, 3.63) is 75.2 Å². The number of aromatic nitrogens is 2. The highest BCUT2D eigenvalue weighted by molar-refractivity contribution is 8.01. The summed E-state index contributed by atoms with van der Waals surface area (Å²) in [5, 5.41) is 5.54. The molecule has 0 bridgehead atoms. The first-order chi connectivity index (χ1) is 15.2. The lowest BCUT2D eigenvalue weighted by Crippen LogP contribution is -2.28. The van der Waals surface area contributed by atoms with Gasteiger partial charge in [-0.3, -0.25) is 19.1 Å². The molecule has 2 amide bonds. The monoisotopic (exact) mass is 472 g/mol. The number of rotatable bonds is 7. The van der Waals surface area contributed by atoms with Crippen LogP contribution in [0.5, 0.6) is 0 Å². The van der Waals surface area contributed by atoms with Crippen LogP contribution in [0.2, 0.25) is 5.02 Å². The van der Waals surface area contributed by atoms with Gasteiger partial charge in [-0.05, 0) is 50.6 Å². The van der Waals surface area contributed by atoms with Gasteiger partial charge in [0.2, 0.25) is 11.8 Å². The molecule has 0 saturated heterocycles. The minimum Gasteiger partial charge on any atom is -0.325 e. The molecule has 1 unspecified atom stereocenters. The summed E-state index contributed by atoms with van der Waals surface area (Å²) in [5.74, 6) is -0.494. The van der Waals surface area contributed by atoms with E-state index in [1.54, 1.807) is 37.7 Å². The number of thioether (sulfide) groups is 1. The van der Waals surface area contributed by atoms with E-state index in [1.165, 1.54) is 16.4 Å². The molecule has 3 rings (SSSR count). The molecule has 7 nitrogen and oxygen atoms in total. The van der Waals surface area contributed by atoms with Gasteiger partial charge in [-0.15, -0.1) is 11.8 Å². The highest BCUT2D eigenvalue weighted by Gasteiger charge is 2.21. The number of benzene rings is 2. The Morgan fingerprint density at radius 1 is 1.09 bits per heavy atom. The number of nitrogens with zero attached hydrogens (tertiary/aromatic N) is 2. The van der Waals surface area contributed by atoms with Gasteiger partial charge in [0.25, 0.3) is 5.56 Å². The molecule has 32 heavy (non-hydrogen) atoms. The fraction of sp³-hybridized carbons (Fsp3) is 0.261. The maximum Gasteiger partial charge on any atom is 0.295 e. The van der Waals surface area contributed by atoms with Crippen LogP contribution in [0.15, 0.2) is 53.3 Å². The average Bonchev–Trinajstić information content (AvgIpc) is 2.98. The molecular formula is C23H25ClN4O3S. The van der Waals surface area contributed by atoms with E-state index in [1.807, 2.05) is 43.3 Å².